The predicted octanol–water partition coefficient (Wildman–Crippen LogP) is 2.98. The van der Waals surface area contributed by atoms with Crippen molar-refractivity contribution < 1.29 is 22.3 Å². The highest BCUT2D eigenvalue weighted by Crippen LogP contribution is 2.29. The monoisotopic (exact) mass is 393 g/mol. The molecule has 0 N–H and O–H groups in total. The van der Waals surface area contributed by atoms with Gasteiger partial charge < -0.3 is 0 Å². The molecule has 1 unspecified atom stereocenters. The van der Waals surface area contributed by atoms with Crippen molar-refractivity contribution in [2.75, 3.05) is 5.75 Å². The van der Waals surface area contributed by atoms with Gasteiger partial charge in [-0.05, 0) is 30.2 Å². The Hall–Kier alpha value is -2.23. The van der Waals surface area contributed by atoms with Crippen LogP contribution >= 0.6 is 11.8 Å². The number of Topliss-reactive ketones (excluding diaryl/α,β-unsaturated/α-hetero) is 1. The van der Waals surface area contributed by atoms with Gasteiger partial charge in [-0.1, -0.05) is 18.2 Å². The summed E-state index contributed by atoms with van der Waals surface area (Å²) >= 11 is 1.55. The zero-order chi connectivity index (χ0) is 18.7. The molecule has 0 saturated carbocycles. The van der Waals surface area contributed by atoms with E-state index in [1.807, 2.05) is 24.3 Å². The summed E-state index contributed by atoms with van der Waals surface area (Å²) in [6.45, 7) is 0. The van der Waals surface area contributed by atoms with Crippen molar-refractivity contribution in [1.82, 2.24) is 0 Å². The van der Waals surface area contributed by atoms with Gasteiger partial charge in [0.2, 0.25) is 0 Å². The Morgan fingerprint density at radius 1 is 1.12 bits per heavy atom. The molecule has 1 aliphatic heterocycles. The van der Waals surface area contributed by atoms with Crippen LogP contribution in [0.25, 0.3) is 0 Å². The molecule has 26 heavy (non-hydrogen) atoms. The summed E-state index contributed by atoms with van der Waals surface area (Å²) in [5.74, 6) is 0.242. The zero-order valence-corrected chi connectivity index (χ0v) is 15.2. The van der Waals surface area contributed by atoms with E-state index in [0.29, 0.717) is 5.75 Å². The molecule has 9 heteroatoms. The lowest BCUT2D eigenvalue weighted by Crippen LogP contribution is -2.30. The van der Waals surface area contributed by atoms with Gasteiger partial charge in [-0.2, -0.15) is 8.42 Å². The fraction of sp³-hybridized carbons (Fsp3) is 0.235. The molecule has 0 fully saturated rings. The van der Waals surface area contributed by atoms with Crippen LogP contribution in [0, 0.1) is 10.1 Å². The molecule has 1 atom stereocenters. The maximum atomic E-state index is 12.5. The predicted molar refractivity (Wildman–Crippen MR) is 95.6 cm³/mol. The second-order valence-corrected chi connectivity index (χ2v) is 8.39. The number of benzene rings is 2. The first-order valence-corrected chi connectivity index (χ1v) is 10.2. The summed E-state index contributed by atoms with van der Waals surface area (Å²) in [6.07, 6.45) is -0.704. The number of fused-ring (bicyclic) bond motifs is 1. The topological polar surface area (TPSA) is 104 Å². The van der Waals surface area contributed by atoms with Crippen molar-refractivity contribution in [3.63, 3.8) is 0 Å². The molecule has 3 rings (SSSR count). The van der Waals surface area contributed by atoms with E-state index in [1.54, 1.807) is 11.8 Å². The number of nitro benzene ring substituents is 1. The first-order chi connectivity index (χ1) is 12.4. The van der Waals surface area contributed by atoms with E-state index in [0.717, 1.165) is 34.7 Å². The summed E-state index contributed by atoms with van der Waals surface area (Å²) in [6, 6.07) is 11.9. The summed E-state index contributed by atoms with van der Waals surface area (Å²) < 4.78 is 30.0. The highest BCUT2D eigenvalue weighted by molar-refractivity contribution is 7.99. The van der Waals surface area contributed by atoms with Crippen LogP contribution in [0.15, 0.2) is 58.3 Å². The third-order valence-corrected chi connectivity index (χ3v) is 6.40. The molecule has 7 nitrogen and oxygen atoms in total. The molecule has 1 aliphatic rings. The molecule has 0 aliphatic carbocycles. The number of carbonyl (C=O) groups excluding carboxylic acids is 1. The van der Waals surface area contributed by atoms with Crippen LogP contribution in [-0.2, 0) is 25.5 Å². The molecule has 0 spiro atoms. The minimum atomic E-state index is -4.19. The van der Waals surface area contributed by atoms with E-state index >= 15 is 0 Å². The fourth-order valence-corrected chi connectivity index (χ4v) is 4.72. The minimum Gasteiger partial charge on any atom is -0.296 e. The number of nitrogens with zero attached hydrogens (tertiary/aromatic N) is 1. The summed E-state index contributed by atoms with van der Waals surface area (Å²) in [7, 11) is -4.19. The number of non-ortho nitro benzene ring substituents is 1. The lowest BCUT2D eigenvalue weighted by molar-refractivity contribution is -0.384. The Balaban J connectivity index is 1.78. The number of hydrogen-bond donors (Lipinski definition) is 0. The van der Waals surface area contributed by atoms with E-state index in [-0.39, 0.29) is 29.2 Å². The van der Waals surface area contributed by atoms with Gasteiger partial charge in [-0.25, -0.2) is 0 Å². The quantitative estimate of drug-likeness (QED) is 0.447. The Morgan fingerprint density at radius 3 is 2.50 bits per heavy atom. The standard InChI is InChI=1S/C17H15NO6S2/c19-15-11-12-3-1-2-4-17(12)25-10-9-16(15)24-26(22,23)14-7-5-13(6-8-14)18(20)21/h1-8,16H,9-11H2. The third-order valence-electron chi connectivity index (χ3n) is 3.91. The largest absolute Gasteiger partial charge is 0.297 e. The molecule has 136 valence electrons. The molecular formula is C17H15NO6S2. The first kappa shape index (κ1) is 18.6. The number of ketones is 1. The van der Waals surface area contributed by atoms with E-state index in [1.165, 1.54) is 0 Å². The SMILES string of the molecule is O=C1Cc2ccccc2SCCC1OS(=O)(=O)c1ccc([N+](=O)[O-])cc1. The average molecular weight is 393 g/mol. The maximum absolute atomic E-state index is 12.5. The Labute approximate surface area is 154 Å². The molecule has 2 aromatic rings. The van der Waals surface area contributed by atoms with Gasteiger partial charge in [0.15, 0.2) is 5.78 Å². The van der Waals surface area contributed by atoms with Gasteiger partial charge in [0.25, 0.3) is 15.8 Å². The number of carbonyl (C=O) groups is 1. The summed E-state index contributed by atoms with van der Waals surface area (Å²) in [5.41, 5.74) is 0.627. The van der Waals surface area contributed by atoms with E-state index in [2.05, 4.69) is 0 Å². The molecule has 0 radical (unpaired) electrons. The van der Waals surface area contributed by atoms with E-state index < -0.39 is 21.1 Å². The van der Waals surface area contributed by atoms with Crippen molar-refractivity contribution in [3.8, 4) is 0 Å². The average Bonchev–Trinajstić information content (AvgIpc) is 2.61. The summed E-state index contributed by atoms with van der Waals surface area (Å²) in [4.78, 5) is 23.3. The van der Waals surface area contributed by atoms with Crippen LogP contribution in [0.3, 0.4) is 0 Å². The molecule has 0 aromatic heterocycles. The van der Waals surface area contributed by atoms with Crippen molar-refractivity contribution in [2.24, 2.45) is 0 Å². The lowest BCUT2D eigenvalue weighted by Gasteiger charge is -2.20. The molecule has 0 saturated heterocycles. The van der Waals surface area contributed by atoms with Gasteiger partial charge in [0, 0.05) is 29.2 Å². The normalized spacial score (nSPS) is 17.8. The number of thioether (sulfide) groups is 1. The van der Waals surface area contributed by atoms with Crippen molar-refractivity contribution in [3.05, 3.63) is 64.2 Å². The number of nitro groups is 1. The van der Waals surface area contributed by atoms with Gasteiger partial charge in [0.05, 0.1) is 9.82 Å². The lowest BCUT2D eigenvalue weighted by atomic mass is 10.0. The highest BCUT2D eigenvalue weighted by atomic mass is 32.2. The Kier molecular flexibility index (Phi) is 5.40. The molecule has 2 aromatic carbocycles. The zero-order valence-electron chi connectivity index (χ0n) is 13.5. The third kappa shape index (κ3) is 4.12. The van der Waals surface area contributed by atoms with Crippen LogP contribution in [0.4, 0.5) is 5.69 Å². The second kappa shape index (κ2) is 7.56. The Bertz CT molecular complexity index is 940. The molecular weight excluding hydrogens is 378 g/mol. The van der Waals surface area contributed by atoms with E-state index in [9.17, 15) is 23.3 Å². The molecule has 0 amide bonds. The van der Waals surface area contributed by atoms with Crippen molar-refractivity contribution in [2.45, 2.75) is 28.7 Å². The number of rotatable bonds is 4. The Morgan fingerprint density at radius 2 is 1.81 bits per heavy atom. The first-order valence-electron chi connectivity index (χ1n) is 7.78. The van der Waals surface area contributed by atoms with Gasteiger partial charge in [-0.15, -0.1) is 11.8 Å². The van der Waals surface area contributed by atoms with Crippen LogP contribution in [0.2, 0.25) is 0 Å². The maximum Gasteiger partial charge on any atom is 0.297 e. The number of hydrogen-bond acceptors (Lipinski definition) is 7. The van der Waals surface area contributed by atoms with Gasteiger partial charge >= 0.3 is 0 Å². The summed E-state index contributed by atoms with van der Waals surface area (Å²) in [5, 5.41) is 10.7. The molecule has 0 bridgehead atoms. The van der Waals surface area contributed by atoms with E-state index in [4.69, 9.17) is 4.18 Å². The van der Waals surface area contributed by atoms with Gasteiger partial charge in [0.1, 0.15) is 6.10 Å². The van der Waals surface area contributed by atoms with Crippen LogP contribution in [-0.4, -0.2) is 31.0 Å². The van der Waals surface area contributed by atoms with Crippen LogP contribution in [0.5, 0.6) is 0 Å². The van der Waals surface area contributed by atoms with Crippen LogP contribution in [0.1, 0.15) is 12.0 Å². The van der Waals surface area contributed by atoms with Crippen LogP contribution < -0.4 is 0 Å². The molecule has 1 heterocycles. The fourth-order valence-electron chi connectivity index (χ4n) is 2.57. The highest BCUT2D eigenvalue weighted by Gasteiger charge is 2.29. The second-order valence-electron chi connectivity index (χ2n) is 5.68. The smallest absolute Gasteiger partial charge is 0.296 e. The van der Waals surface area contributed by atoms with Crippen molar-refractivity contribution >= 4 is 33.4 Å². The van der Waals surface area contributed by atoms with Crippen molar-refractivity contribution in [1.29, 1.82) is 0 Å². The minimum absolute atomic E-state index is 0.101. The van der Waals surface area contributed by atoms with Gasteiger partial charge in [-0.3, -0.25) is 19.1 Å².